The molecular weight excluding hydrogens is 344 g/mol. The number of likely N-dealkylation sites (N-methyl/N-ethyl adjacent to an activating group) is 1. The molecule has 1 aromatic carbocycles. The average Bonchev–Trinajstić information content (AvgIpc) is 2.54. The van der Waals surface area contributed by atoms with Gasteiger partial charge < -0.3 is 15.5 Å². The van der Waals surface area contributed by atoms with Gasteiger partial charge in [-0.25, -0.2) is 4.99 Å². The van der Waals surface area contributed by atoms with Crippen molar-refractivity contribution in [2.45, 2.75) is 11.8 Å². The van der Waals surface area contributed by atoms with E-state index in [4.69, 9.17) is 11.6 Å². The predicted molar refractivity (Wildman–Crippen MR) is 104 cm³/mol. The fraction of sp³-hybridized carbons (Fsp3) is 0.412. The first-order valence-corrected chi connectivity index (χ1v) is 9.00. The van der Waals surface area contributed by atoms with Crippen molar-refractivity contribution >= 4 is 35.2 Å². The van der Waals surface area contributed by atoms with Gasteiger partial charge in [0.25, 0.3) is 0 Å². The van der Waals surface area contributed by atoms with Gasteiger partial charge in [-0.05, 0) is 31.2 Å². The number of hydrogen-bond acceptors (Lipinski definition) is 3. The Morgan fingerprint density at radius 2 is 1.96 bits per heavy atom. The number of carbonyl (C=O) groups excluding carboxylic acids is 1. The molecule has 0 heterocycles. The van der Waals surface area contributed by atoms with Gasteiger partial charge in [0.05, 0.1) is 0 Å². The molecule has 1 rings (SSSR count). The van der Waals surface area contributed by atoms with Crippen molar-refractivity contribution in [3.8, 4) is 0 Å². The predicted octanol–water partition coefficient (Wildman–Crippen LogP) is 2.63. The Kier molecular flexibility index (Phi) is 9.34. The summed E-state index contributed by atoms with van der Waals surface area (Å²) in [6.45, 7) is 7.25. The topological polar surface area (TPSA) is 56.7 Å². The number of thioether (sulfide) groups is 1. The summed E-state index contributed by atoms with van der Waals surface area (Å²) in [5, 5.41) is 7.13. The fourth-order valence-corrected chi connectivity index (χ4v) is 2.46. The molecule has 0 atom stereocenters. The molecule has 0 spiro atoms. The van der Waals surface area contributed by atoms with Crippen LogP contribution in [0.2, 0.25) is 5.02 Å². The Morgan fingerprint density at radius 3 is 2.54 bits per heavy atom. The molecule has 1 aromatic rings. The van der Waals surface area contributed by atoms with Crippen molar-refractivity contribution in [3.63, 3.8) is 0 Å². The highest BCUT2D eigenvalue weighted by Crippen LogP contribution is 2.19. The maximum absolute atomic E-state index is 11.7. The molecule has 0 aliphatic heterocycles. The van der Waals surface area contributed by atoms with E-state index < -0.39 is 0 Å². The van der Waals surface area contributed by atoms with Crippen molar-refractivity contribution < 1.29 is 4.79 Å². The van der Waals surface area contributed by atoms with E-state index in [9.17, 15) is 4.79 Å². The summed E-state index contributed by atoms with van der Waals surface area (Å²) in [5.74, 6) is 1.45. The number of carbonyl (C=O) groups is 1. The van der Waals surface area contributed by atoms with E-state index in [0.717, 1.165) is 27.8 Å². The highest BCUT2D eigenvalue weighted by Gasteiger charge is 2.04. The number of hydrogen-bond donors (Lipinski definition) is 2. The number of rotatable bonds is 8. The van der Waals surface area contributed by atoms with Gasteiger partial charge in [-0.1, -0.05) is 23.8 Å². The second kappa shape index (κ2) is 11.0. The number of halogens is 1. The molecule has 7 heteroatoms. The molecule has 132 valence electrons. The molecule has 0 radical (unpaired) electrons. The first kappa shape index (κ1) is 20.4. The van der Waals surface area contributed by atoms with Gasteiger partial charge in [0.1, 0.15) is 6.54 Å². The molecule has 0 unspecified atom stereocenters. The van der Waals surface area contributed by atoms with E-state index in [0.29, 0.717) is 12.5 Å². The van der Waals surface area contributed by atoms with Crippen LogP contribution in [0.4, 0.5) is 0 Å². The van der Waals surface area contributed by atoms with Crippen LogP contribution in [0, 0.1) is 0 Å². The minimum absolute atomic E-state index is 0.0398. The Balaban J connectivity index is 2.45. The number of guanidine groups is 1. The van der Waals surface area contributed by atoms with Gasteiger partial charge in [0.2, 0.25) is 5.91 Å². The van der Waals surface area contributed by atoms with Crippen LogP contribution in [0.25, 0.3) is 0 Å². The zero-order valence-corrected chi connectivity index (χ0v) is 16.0. The first-order valence-electron chi connectivity index (χ1n) is 7.63. The van der Waals surface area contributed by atoms with Gasteiger partial charge in [-0.2, -0.15) is 0 Å². The third-order valence-corrected chi connectivity index (χ3v) is 4.17. The molecule has 24 heavy (non-hydrogen) atoms. The van der Waals surface area contributed by atoms with Crippen LogP contribution in [-0.2, 0) is 4.79 Å². The lowest BCUT2D eigenvalue weighted by Gasteiger charge is -2.13. The summed E-state index contributed by atoms with van der Waals surface area (Å²) in [7, 11) is 3.43. The number of nitrogens with zero attached hydrogens (tertiary/aromatic N) is 2. The Labute approximate surface area is 153 Å². The number of benzene rings is 1. The van der Waals surface area contributed by atoms with Crippen molar-refractivity contribution in [1.29, 1.82) is 0 Å². The average molecular weight is 369 g/mol. The SMILES string of the molecule is C=C(C)CNC(=NCC(=O)N(C)C)NCCSc1ccc(Cl)cc1. The van der Waals surface area contributed by atoms with E-state index in [-0.39, 0.29) is 12.5 Å². The van der Waals surface area contributed by atoms with E-state index in [1.54, 1.807) is 25.9 Å². The summed E-state index contributed by atoms with van der Waals surface area (Å²) >= 11 is 7.60. The maximum atomic E-state index is 11.7. The highest BCUT2D eigenvalue weighted by atomic mass is 35.5. The highest BCUT2D eigenvalue weighted by molar-refractivity contribution is 7.99. The van der Waals surface area contributed by atoms with Crippen LogP contribution < -0.4 is 10.6 Å². The zero-order chi connectivity index (χ0) is 17.9. The molecule has 0 aliphatic carbocycles. The van der Waals surface area contributed by atoms with Crippen LogP contribution in [0.5, 0.6) is 0 Å². The van der Waals surface area contributed by atoms with Crippen LogP contribution >= 0.6 is 23.4 Å². The summed E-state index contributed by atoms with van der Waals surface area (Å²) in [5.41, 5.74) is 0.999. The molecule has 0 bridgehead atoms. The number of aliphatic imine (C=N–C) groups is 1. The Bertz CT molecular complexity index is 572. The molecule has 2 N–H and O–H groups in total. The normalized spacial score (nSPS) is 11.1. The molecule has 1 amide bonds. The van der Waals surface area contributed by atoms with E-state index in [1.807, 2.05) is 31.2 Å². The Hall–Kier alpha value is -1.66. The minimum atomic E-state index is -0.0398. The monoisotopic (exact) mass is 368 g/mol. The van der Waals surface area contributed by atoms with Gasteiger partial charge in [0, 0.05) is 42.9 Å². The van der Waals surface area contributed by atoms with Gasteiger partial charge in [0.15, 0.2) is 5.96 Å². The zero-order valence-electron chi connectivity index (χ0n) is 14.4. The quantitative estimate of drug-likeness (QED) is 0.243. The second-order valence-corrected chi connectivity index (χ2v) is 7.10. The molecule has 0 aromatic heterocycles. The van der Waals surface area contributed by atoms with Gasteiger partial charge in [-0.3, -0.25) is 4.79 Å². The lowest BCUT2D eigenvalue weighted by molar-refractivity contribution is -0.127. The van der Waals surface area contributed by atoms with E-state index in [1.165, 1.54) is 4.90 Å². The first-order chi connectivity index (χ1) is 11.4. The van der Waals surface area contributed by atoms with Crippen LogP contribution in [0.3, 0.4) is 0 Å². The van der Waals surface area contributed by atoms with Crippen LogP contribution in [0.1, 0.15) is 6.92 Å². The molecule has 0 aliphatic rings. The molecule has 5 nitrogen and oxygen atoms in total. The summed E-state index contributed by atoms with van der Waals surface area (Å²) in [4.78, 5) is 18.7. The molecule has 0 fully saturated rings. The maximum Gasteiger partial charge on any atom is 0.243 e. The summed E-state index contributed by atoms with van der Waals surface area (Å²) in [6, 6.07) is 7.76. The van der Waals surface area contributed by atoms with Crippen molar-refractivity contribution in [2.75, 3.05) is 39.5 Å². The number of amides is 1. The summed E-state index contributed by atoms with van der Waals surface area (Å²) in [6.07, 6.45) is 0. The van der Waals surface area contributed by atoms with E-state index in [2.05, 4.69) is 22.2 Å². The van der Waals surface area contributed by atoms with Crippen molar-refractivity contribution in [3.05, 3.63) is 41.4 Å². The second-order valence-electron chi connectivity index (χ2n) is 5.49. The molecule has 0 saturated heterocycles. The standard InChI is InChI=1S/C17H25ClN4OS/c1-13(2)11-20-17(21-12-16(23)22(3)4)19-9-10-24-15-7-5-14(18)6-8-15/h5-8H,1,9-12H2,2-4H3,(H2,19,20,21). The Morgan fingerprint density at radius 1 is 1.29 bits per heavy atom. The summed E-state index contributed by atoms with van der Waals surface area (Å²) < 4.78 is 0. The molecular formula is C17H25ClN4OS. The van der Waals surface area contributed by atoms with Crippen molar-refractivity contribution in [2.24, 2.45) is 4.99 Å². The van der Waals surface area contributed by atoms with Crippen LogP contribution in [-0.4, -0.2) is 56.2 Å². The van der Waals surface area contributed by atoms with Crippen LogP contribution in [0.15, 0.2) is 46.3 Å². The van der Waals surface area contributed by atoms with Crippen molar-refractivity contribution in [1.82, 2.24) is 15.5 Å². The van der Waals surface area contributed by atoms with E-state index >= 15 is 0 Å². The lowest BCUT2D eigenvalue weighted by Crippen LogP contribution is -2.40. The third-order valence-electron chi connectivity index (χ3n) is 2.91. The fourth-order valence-electron chi connectivity index (χ4n) is 1.57. The third kappa shape index (κ3) is 8.84. The lowest BCUT2D eigenvalue weighted by atomic mass is 10.3. The van der Waals surface area contributed by atoms with Gasteiger partial charge >= 0.3 is 0 Å². The number of nitrogens with one attached hydrogen (secondary N) is 2. The van der Waals surface area contributed by atoms with Gasteiger partial charge in [-0.15, -0.1) is 11.8 Å². The smallest absolute Gasteiger partial charge is 0.243 e. The minimum Gasteiger partial charge on any atom is -0.356 e. The molecule has 0 saturated carbocycles. The largest absolute Gasteiger partial charge is 0.356 e.